The molecule has 2 aromatic rings. The second-order valence-corrected chi connectivity index (χ2v) is 10.0. The number of anilines is 1. The van der Waals surface area contributed by atoms with Crippen molar-refractivity contribution in [2.24, 2.45) is 5.92 Å². The molecule has 0 unspecified atom stereocenters. The molecule has 0 bridgehead atoms. The first-order valence-corrected chi connectivity index (χ1v) is 12.4. The number of aromatic nitrogens is 2. The van der Waals surface area contributed by atoms with Gasteiger partial charge >= 0.3 is 0 Å². The van der Waals surface area contributed by atoms with Crippen LogP contribution in [0.25, 0.3) is 0 Å². The van der Waals surface area contributed by atoms with Gasteiger partial charge in [0.2, 0.25) is 27.8 Å². The number of benzene rings is 1. The molecule has 2 aliphatic rings. The van der Waals surface area contributed by atoms with Gasteiger partial charge in [0.05, 0.1) is 12.0 Å². The summed E-state index contributed by atoms with van der Waals surface area (Å²) >= 11 is 0. The molecule has 13 heteroatoms. The van der Waals surface area contributed by atoms with Crippen molar-refractivity contribution in [2.45, 2.75) is 17.7 Å². The minimum absolute atomic E-state index is 0.00829. The Kier molecular flexibility index (Phi) is 6.93. The molecule has 4 rings (SSSR count). The summed E-state index contributed by atoms with van der Waals surface area (Å²) in [4.78, 5) is 35.6. The summed E-state index contributed by atoms with van der Waals surface area (Å²) in [7, 11) is -2.49. The molecule has 12 nitrogen and oxygen atoms in total. The van der Waals surface area contributed by atoms with Crippen molar-refractivity contribution in [1.82, 2.24) is 19.2 Å². The van der Waals surface area contributed by atoms with E-state index in [-0.39, 0.29) is 42.9 Å². The normalized spacial score (nSPS) is 18.0. The molecule has 0 spiro atoms. The van der Waals surface area contributed by atoms with Crippen molar-refractivity contribution in [3.8, 4) is 5.88 Å². The molecule has 2 saturated heterocycles. The molecular weight excluding hydrogens is 464 g/mol. The number of hydrogen-bond donors (Lipinski definition) is 0. The number of piperidine rings is 1. The van der Waals surface area contributed by atoms with E-state index in [4.69, 9.17) is 4.74 Å². The first kappa shape index (κ1) is 23.8. The molecule has 2 fully saturated rings. The molecule has 2 aliphatic heterocycles. The highest BCUT2D eigenvalue weighted by molar-refractivity contribution is 7.89. The summed E-state index contributed by atoms with van der Waals surface area (Å²) in [5.41, 5.74) is -0.451. The van der Waals surface area contributed by atoms with Crippen molar-refractivity contribution < 1.29 is 22.9 Å². The van der Waals surface area contributed by atoms with Crippen LogP contribution in [0.4, 0.5) is 11.6 Å². The lowest BCUT2D eigenvalue weighted by Gasteiger charge is -2.38. The molecule has 3 heterocycles. The van der Waals surface area contributed by atoms with Crippen LogP contribution in [0.2, 0.25) is 0 Å². The van der Waals surface area contributed by atoms with E-state index in [0.717, 1.165) is 0 Å². The van der Waals surface area contributed by atoms with Gasteiger partial charge in [0.15, 0.2) is 4.90 Å². The van der Waals surface area contributed by atoms with E-state index >= 15 is 0 Å². The number of methoxy groups -OCH3 is 1. The van der Waals surface area contributed by atoms with Gasteiger partial charge in [-0.1, -0.05) is 12.1 Å². The lowest BCUT2D eigenvalue weighted by atomic mass is 9.95. The Morgan fingerprint density at radius 1 is 1.09 bits per heavy atom. The van der Waals surface area contributed by atoms with E-state index < -0.39 is 20.6 Å². The summed E-state index contributed by atoms with van der Waals surface area (Å²) in [5.74, 6) is 0.908. The van der Waals surface area contributed by atoms with Gasteiger partial charge in [0.25, 0.3) is 5.69 Å². The van der Waals surface area contributed by atoms with Crippen LogP contribution < -0.4 is 9.64 Å². The number of nitro groups is 1. The smallest absolute Gasteiger partial charge is 0.289 e. The number of amides is 1. The van der Waals surface area contributed by atoms with Crippen LogP contribution in [0.15, 0.2) is 41.4 Å². The fourth-order valence-corrected chi connectivity index (χ4v) is 5.88. The van der Waals surface area contributed by atoms with Gasteiger partial charge in [0.1, 0.15) is 0 Å². The van der Waals surface area contributed by atoms with Gasteiger partial charge in [0, 0.05) is 63.5 Å². The molecule has 1 aromatic carbocycles. The number of para-hydroxylation sites is 1. The number of piperazine rings is 1. The van der Waals surface area contributed by atoms with Gasteiger partial charge < -0.3 is 14.5 Å². The van der Waals surface area contributed by atoms with Gasteiger partial charge in [-0.05, 0) is 18.9 Å². The number of carbonyl (C=O) groups is 1. The fraction of sp³-hybridized carbons (Fsp3) is 0.476. The fourth-order valence-electron chi connectivity index (χ4n) is 4.30. The minimum atomic E-state index is -4.03. The summed E-state index contributed by atoms with van der Waals surface area (Å²) in [6.07, 6.45) is 2.93. The predicted molar refractivity (Wildman–Crippen MR) is 122 cm³/mol. The van der Waals surface area contributed by atoms with Crippen molar-refractivity contribution in [2.75, 3.05) is 51.3 Å². The third-order valence-electron chi connectivity index (χ3n) is 6.18. The van der Waals surface area contributed by atoms with Crippen LogP contribution in [-0.4, -0.2) is 84.8 Å². The van der Waals surface area contributed by atoms with E-state index in [9.17, 15) is 23.3 Å². The largest absolute Gasteiger partial charge is 0.481 e. The molecule has 0 atom stereocenters. The first-order valence-electron chi connectivity index (χ1n) is 11.0. The highest BCUT2D eigenvalue weighted by Crippen LogP contribution is 2.28. The van der Waals surface area contributed by atoms with Crippen molar-refractivity contribution in [1.29, 1.82) is 0 Å². The van der Waals surface area contributed by atoms with Crippen LogP contribution in [0, 0.1) is 16.0 Å². The number of nitro benzene ring substituents is 1. The topological polar surface area (TPSA) is 139 Å². The van der Waals surface area contributed by atoms with Crippen molar-refractivity contribution >= 4 is 27.6 Å². The molecular formula is C21H26N6O6S. The molecule has 1 aromatic heterocycles. The van der Waals surface area contributed by atoms with Crippen LogP contribution in [-0.2, 0) is 14.8 Å². The van der Waals surface area contributed by atoms with E-state index in [0.29, 0.717) is 37.8 Å². The van der Waals surface area contributed by atoms with Crippen molar-refractivity contribution in [3.05, 3.63) is 46.6 Å². The van der Waals surface area contributed by atoms with Gasteiger partial charge in [-0.2, -0.15) is 9.29 Å². The zero-order valence-corrected chi connectivity index (χ0v) is 19.6. The number of nitrogens with zero attached hydrogens (tertiary/aromatic N) is 6. The number of ether oxygens (including phenoxy) is 1. The second-order valence-electron chi connectivity index (χ2n) is 8.11. The predicted octanol–water partition coefficient (Wildman–Crippen LogP) is 1.14. The number of carbonyl (C=O) groups excluding carboxylic acids is 1. The standard InChI is InChI=1S/C21H26N6O6S/c1-33-19-6-9-22-21(23-19)25-10-7-16(8-11-25)20(28)24-12-14-26(15-13-24)34(31,32)18-5-3-2-4-17(18)27(29)30/h2-6,9,16H,7-8,10-15H2,1H3. The molecule has 0 N–H and O–H groups in total. The zero-order chi connectivity index (χ0) is 24.3. The Morgan fingerprint density at radius 3 is 2.41 bits per heavy atom. The SMILES string of the molecule is COc1ccnc(N2CCC(C(=O)N3CCN(S(=O)(=O)c4ccccc4[N+](=O)[O-])CC3)CC2)n1. The Morgan fingerprint density at radius 2 is 1.76 bits per heavy atom. The highest BCUT2D eigenvalue weighted by Gasteiger charge is 2.36. The number of hydrogen-bond acceptors (Lipinski definition) is 9. The summed E-state index contributed by atoms with van der Waals surface area (Å²) in [6.45, 7) is 1.95. The van der Waals surface area contributed by atoms with E-state index in [1.54, 1.807) is 24.3 Å². The van der Waals surface area contributed by atoms with Crippen LogP contribution >= 0.6 is 0 Å². The maximum absolute atomic E-state index is 13.1. The second kappa shape index (κ2) is 9.89. The average molecular weight is 491 g/mol. The van der Waals surface area contributed by atoms with E-state index in [2.05, 4.69) is 9.97 Å². The summed E-state index contributed by atoms with van der Waals surface area (Å²) < 4.78 is 32.4. The Balaban J connectivity index is 1.34. The molecule has 34 heavy (non-hydrogen) atoms. The van der Waals surface area contributed by atoms with Crippen molar-refractivity contribution in [3.63, 3.8) is 0 Å². The monoisotopic (exact) mass is 490 g/mol. The Hall–Kier alpha value is -3.32. The quantitative estimate of drug-likeness (QED) is 0.431. The third-order valence-corrected chi connectivity index (χ3v) is 8.13. The van der Waals surface area contributed by atoms with Gasteiger partial charge in [-0.25, -0.2) is 13.4 Å². The lowest BCUT2D eigenvalue weighted by Crippen LogP contribution is -2.53. The van der Waals surface area contributed by atoms with E-state index in [1.165, 1.54) is 28.6 Å². The molecule has 0 radical (unpaired) electrons. The molecule has 1 amide bonds. The Labute approximate surface area is 197 Å². The highest BCUT2D eigenvalue weighted by atomic mass is 32.2. The zero-order valence-electron chi connectivity index (χ0n) is 18.7. The van der Waals surface area contributed by atoms with E-state index in [1.807, 2.05) is 4.90 Å². The Bertz CT molecular complexity index is 1160. The number of sulfonamides is 1. The van der Waals surface area contributed by atoms with Crippen LogP contribution in [0.3, 0.4) is 0 Å². The minimum Gasteiger partial charge on any atom is -0.481 e. The lowest BCUT2D eigenvalue weighted by molar-refractivity contribution is -0.387. The summed E-state index contributed by atoms with van der Waals surface area (Å²) in [5, 5.41) is 11.3. The van der Waals surface area contributed by atoms with Gasteiger partial charge in [-0.3, -0.25) is 14.9 Å². The average Bonchev–Trinajstić information content (AvgIpc) is 2.88. The van der Waals surface area contributed by atoms with Crippen LogP contribution in [0.5, 0.6) is 5.88 Å². The maximum atomic E-state index is 13.1. The first-order chi connectivity index (χ1) is 16.3. The van der Waals surface area contributed by atoms with Gasteiger partial charge in [-0.15, -0.1) is 0 Å². The molecule has 0 saturated carbocycles. The molecule has 182 valence electrons. The summed E-state index contributed by atoms with van der Waals surface area (Å²) in [6, 6.07) is 6.98. The third kappa shape index (κ3) is 4.80. The maximum Gasteiger partial charge on any atom is 0.289 e. The number of rotatable bonds is 6. The van der Waals surface area contributed by atoms with Crippen LogP contribution in [0.1, 0.15) is 12.8 Å². The molecule has 0 aliphatic carbocycles.